The van der Waals surface area contributed by atoms with Crippen molar-refractivity contribution in [3.8, 4) is 0 Å². The van der Waals surface area contributed by atoms with Gasteiger partial charge in [0, 0.05) is 4.47 Å². The minimum absolute atomic E-state index is 0.634. The summed E-state index contributed by atoms with van der Waals surface area (Å²) in [6.07, 6.45) is 5.17. The highest BCUT2D eigenvalue weighted by molar-refractivity contribution is 9.10. The van der Waals surface area contributed by atoms with Crippen molar-refractivity contribution in [3.05, 3.63) is 33.3 Å². The lowest BCUT2D eigenvalue weighted by molar-refractivity contribution is -0.000671. The Morgan fingerprint density at radius 1 is 1.20 bits per heavy atom. The number of hydrogen-bond acceptors (Lipinski definition) is 1. The van der Waals surface area contributed by atoms with Crippen molar-refractivity contribution in [3.63, 3.8) is 0 Å². The third-order valence-corrected chi connectivity index (χ3v) is 4.35. The molecule has 0 spiro atoms. The third kappa shape index (κ3) is 2.38. The van der Waals surface area contributed by atoms with Crippen molar-refractivity contribution in [2.75, 3.05) is 0 Å². The molecule has 1 saturated carbocycles. The molecule has 15 heavy (non-hydrogen) atoms. The summed E-state index contributed by atoms with van der Waals surface area (Å²) in [7, 11) is 0. The molecule has 0 bridgehead atoms. The first kappa shape index (κ1) is 11.4. The summed E-state index contributed by atoms with van der Waals surface area (Å²) in [5.41, 5.74) is 0.351. The van der Waals surface area contributed by atoms with Crippen LogP contribution in [0.25, 0.3) is 0 Å². The zero-order valence-electron chi connectivity index (χ0n) is 8.47. The lowest BCUT2D eigenvalue weighted by Gasteiger charge is -2.32. The van der Waals surface area contributed by atoms with E-state index in [0.29, 0.717) is 5.02 Å². The van der Waals surface area contributed by atoms with E-state index in [1.54, 1.807) is 0 Å². The highest BCUT2D eigenvalue weighted by Gasteiger charge is 2.31. The summed E-state index contributed by atoms with van der Waals surface area (Å²) in [4.78, 5) is 0. The predicted octanol–water partition coefficient (Wildman–Crippen LogP) is 4.25. The van der Waals surface area contributed by atoms with Crippen LogP contribution < -0.4 is 0 Å². The van der Waals surface area contributed by atoms with Crippen LogP contribution in [0.1, 0.15) is 37.7 Å². The number of benzene rings is 1. The van der Waals surface area contributed by atoms with Crippen LogP contribution in [0.15, 0.2) is 22.7 Å². The van der Waals surface area contributed by atoms with Gasteiger partial charge in [0.15, 0.2) is 0 Å². The van der Waals surface area contributed by atoms with Crippen molar-refractivity contribution in [2.24, 2.45) is 0 Å². The maximum atomic E-state index is 10.5. The van der Waals surface area contributed by atoms with Crippen LogP contribution in [0.3, 0.4) is 0 Å². The van der Waals surface area contributed by atoms with Gasteiger partial charge in [-0.1, -0.05) is 36.9 Å². The van der Waals surface area contributed by atoms with Crippen molar-refractivity contribution in [1.82, 2.24) is 0 Å². The van der Waals surface area contributed by atoms with E-state index in [1.807, 2.05) is 18.2 Å². The minimum Gasteiger partial charge on any atom is -0.385 e. The van der Waals surface area contributed by atoms with E-state index in [0.717, 1.165) is 35.7 Å². The fourth-order valence-electron chi connectivity index (χ4n) is 2.21. The predicted molar refractivity (Wildman–Crippen MR) is 66.1 cm³/mol. The molecule has 0 unspecified atom stereocenters. The van der Waals surface area contributed by atoms with E-state index in [9.17, 15) is 5.11 Å². The molecule has 1 nitrogen and oxygen atoms in total. The molecule has 2 rings (SSSR count). The Hall–Kier alpha value is -0.0500. The Morgan fingerprint density at radius 2 is 1.87 bits per heavy atom. The van der Waals surface area contributed by atoms with Gasteiger partial charge in [0.1, 0.15) is 0 Å². The van der Waals surface area contributed by atoms with Gasteiger partial charge in [0.2, 0.25) is 0 Å². The maximum Gasteiger partial charge on any atom is 0.0897 e. The lowest BCUT2D eigenvalue weighted by atomic mass is 9.80. The summed E-state index contributed by atoms with van der Waals surface area (Å²) in [5.74, 6) is 0. The van der Waals surface area contributed by atoms with Gasteiger partial charge in [-0.2, -0.15) is 0 Å². The normalized spacial score (nSPS) is 20.2. The molecule has 0 aromatic heterocycles. The Labute approximate surface area is 104 Å². The van der Waals surface area contributed by atoms with Crippen LogP contribution >= 0.6 is 27.5 Å². The molecular weight excluding hydrogens is 275 g/mol. The molecule has 1 aliphatic rings. The number of hydrogen-bond donors (Lipinski definition) is 1. The molecule has 1 N–H and O–H groups in total. The second-order valence-corrected chi connectivity index (χ2v) is 5.48. The fraction of sp³-hybridized carbons (Fsp3) is 0.500. The molecule has 1 aromatic carbocycles. The maximum absolute atomic E-state index is 10.5. The van der Waals surface area contributed by atoms with Gasteiger partial charge >= 0.3 is 0 Å². The molecule has 0 aliphatic heterocycles. The summed E-state index contributed by atoms with van der Waals surface area (Å²) in [6.45, 7) is 0. The Morgan fingerprint density at radius 3 is 2.47 bits per heavy atom. The molecular formula is C12H14BrClO. The summed E-state index contributed by atoms with van der Waals surface area (Å²) in [6, 6.07) is 5.71. The van der Waals surface area contributed by atoms with Crippen LogP contribution in [0.2, 0.25) is 5.02 Å². The zero-order valence-corrected chi connectivity index (χ0v) is 10.8. The molecule has 0 radical (unpaired) electrons. The van der Waals surface area contributed by atoms with Crippen LogP contribution in [0.5, 0.6) is 0 Å². The van der Waals surface area contributed by atoms with Gasteiger partial charge < -0.3 is 5.11 Å². The summed E-state index contributed by atoms with van der Waals surface area (Å²) in [5, 5.41) is 11.2. The first-order chi connectivity index (χ1) is 7.12. The van der Waals surface area contributed by atoms with E-state index in [2.05, 4.69) is 15.9 Å². The monoisotopic (exact) mass is 288 g/mol. The summed E-state index contributed by atoms with van der Waals surface area (Å²) < 4.78 is 0.862. The van der Waals surface area contributed by atoms with E-state index < -0.39 is 5.60 Å². The van der Waals surface area contributed by atoms with Crippen LogP contribution in [0.4, 0.5) is 0 Å². The lowest BCUT2D eigenvalue weighted by Crippen LogP contribution is -2.28. The van der Waals surface area contributed by atoms with Crippen molar-refractivity contribution in [2.45, 2.75) is 37.7 Å². The first-order valence-corrected chi connectivity index (χ1v) is 6.47. The molecule has 0 atom stereocenters. The quantitative estimate of drug-likeness (QED) is 0.819. The average molecular weight is 290 g/mol. The molecule has 82 valence electrons. The Bertz CT molecular complexity index is 359. The fourth-order valence-corrected chi connectivity index (χ4v) is 2.71. The van der Waals surface area contributed by atoms with E-state index in [4.69, 9.17) is 11.6 Å². The van der Waals surface area contributed by atoms with Crippen LogP contribution in [-0.2, 0) is 5.60 Å². The van der Waals surface area contributed by atoms with Gasteiger partial charge in [-0.3, -0.25) is 0 Å². The van der Waals surface area contributed by atoms with Gasteiger partial charge in [0.05, 0.1) is 10.6 Å². The minimum atomic E-state index is -0.634. The van der Waals surface area contributed by atoms with Crippen LogP contribution in [-0.4, -0.2) is 5.11 Å². The van der Waals surface area contributed by atoms with Gasteiger partial charge in [-0.05, 0) is 46.5 Å². The standard InChI is InChI=1S/C12H14BrClO/c13-10-8-9(4-5-11(10)14)12(15)6-2-1-3-7-12/h4-5,8,15H,1-3,6-7H2. The third-order valence-electron chi connectivity index (χ3n) is 3.14. The number of halogens is 2. The van der Waals surface area contributed by atoms with Crippen LogP contribution in [0, 0.1) is 0 Å². The topological polar surface area (TPSA) is 20.2 Å². The largest absolute Gasteiger partial charge is 0.385 e. The van der Waals surface area contributed by atoms with Gasteiger partial charge in [-0.15, -0.1) is 0 Å². The molecule has 0 saturated heterocycles. The molecule has 3 heteroatoms. The van der Waals surface area contributed by atoms with E-state index >= 15 is 0 Å². The number of aliphatic hydroxyl groups is 1. The van der Waals surface area contributed by atoms with Gasteiger partial charge in [0.25, 0.3) is 0 Å². The molecule has 0 heterocycles. The Balaban J connectivity index is 2.31. The van der Waals surface area contributed by atoms with Crippen molar-refractivity contribution >= 4 is 27.5 Å². The van der Waals surface area contributed by atoms with E-state index in [-0.39, 0.29) is 0 Å². The number of rotatable bonds is 1. The highest BCUT2D eigenvalue weighted by Crippen LogP contribution is 2.38. The average Bonchev–Trinajstić information content (AvgIpc) is 2.23. The highest BCUT2D eigenvalue weighted by atomic mass is 79.9. The molecule has 1 fully saturated rings. The SMILES string of the molecule is OC1(c2ccc(Cl)c(Br)c2)CCCCC1. The smallest absolute Gasteiger partial charge is 0.0897 e. The van der Waals surface area contributed by atoms with E-state index in [1.165, 1.54) is 6.42 Å². The first-order valence-electron chi connectivity index (χ1n) is 5.30. The van der Waals surface area contributed by atoms with Crippen molar-refractivity contribution < 1.29 is 5.11 Å². The zero-order chi connectivity index (χ0) is 10.9. The van der Waals surface area contributed by atoms with Crippen molar-refractivity contribution in [1.29, 1.82) is 0 Å². The molecule has 0 amide bonds. The van der Waals surface area contributed by atoms with Gasteiger partial charge in [-0.25, -0.2) is 0 Å². The second kappa shape index (κ2) is 4.44. The summed E-state index contributed by atoms with van der Waals surface area (Å²) >= 11 is 9.33. The molecule has 1 aliphatic carbocycles. The Kier molecular flexibility index (Phi) is 3.39. The second-order valence-electron chi connectivity index (χ2n) is 4.22. The molecule has 1 aromatic rings.